The van der Waals surface area contributed by atoms with Crippen molar-refractivity contribution in [1.29, 1.82) is 0 Å². The number of hydrogen-bond donors (Lipinski definition) is 3. The molecule has 0 spiro atoms. The van der Waals surface area contributed by atoms with E-state index in [9.17, 15) is 19.8 Å². The predicted octanol–water partition coefficient (Wildman–Crippen LogP) is 2.93. The molecule has 0 bridgehead atoms. The number of urea groups is 1. The van der Waals surface area contributed by atoms with E-state index in [0.29, 0.717) is 37.5 Å². The number of esters is 1. The number of piperazine rings is 1. The second-order valence-corrected chi connectivity index (χ2v) is 13.8. The van der Waals surface area contributed by atoms with Gasteiger partial charge in [0.15, 0.2) is 0 Å². The summed E-state index contributed by atoms with van der Waals surface area (Å²) in [6.45, 7) is 7.21. The van der Waals surface area contributed by atoms with Crippen LogP contribution in [0.25, 0.3) is 0 Å². The molecule has 2 aliphatic heterocycles. The maximum atomic E-state index is 13.4. The van der Waals surface area contributed by atoms with E-state index in [1.165, 1.54) is 0 Å². The number of cyclic esters (lactones) is 1. The van der Waals surface area contributed by atoms with Crippen LogP contribution in [0.5, 0.6) is 0 Å². The van der Waals surface area contributed by atoms with Gasteiger partial charge in [-0.05, 0) is 92.4 Å². The van der Waals surface area contributed by atoms with Crippen LogP contribution < -0.4 is 5.32 Å². The fraction of sp³-hybridized carbons (Fsp3) is 0.867. The molecule has 0 aromatic rings. The molecular weight excluding hydrogens is 482 g/mol. The first-order valence-corrected chi connectivity index (χ1v) is 15.1. The Morgan fingerprint density at radius 1 is 1.16 bits per heavy atom. The van der Waals surface area contributed by atoms with Crippen LogP contribution >= 0.6 is 0 Å². The number of ether oxygens (including phenoxy) is 1. The van der Waals surface area contributed by atoms with Gasteiger partial charge in [-0.2, -0.15) is 0 Å². The highest BCUT2D eigenvalue weighted by atomic mass is 16.5. The molecule has 0 aromatic carbocycles. The summed E-state index contributed by atoms with van der Waals surface area (Å²) in [5.41, 5.74) is 0.389. The van der Waals surface area contributed by atoms with Crippen LogP contribution in [0, 0.1) is 34.5 Å². The van der Waals surface area contributed by atoms with E-state index < -0.39 is 5.60 Å². The fourth-order valence-corrected chi connectivity index (χ4v) is 10.3. The molecule has 212 valence electrons. The number of rotatable bonds is 3. The third-order valence-electron chi connectivity index (χ3n) is 12.6. The van der Waals surface area contributed by atoms with Crippen LogP contribution in [0.3, 0.4) is 0 Å². The molecule has 38 heavy (non-hydrogen) atoms. The van der Waals surface area contributed by atoms with Crippen molar-refractivity contribution in [2.75, 3.05) is 39.9 Å². The van der Waals surface area contributed by atoms with Gasteiger partial charge in [0.1, 0.15) is 6.61 Å². The average Bonchev–Trinajstić information content (AvgIpc) is 3.46. The van der Waals surface area contributed by atoms with Gasteiger partial charge in [0, 0.05) is 44.2 Å². The normalized spacial score (nSPS) is 46.5. The third kappa shape index (κ3) is 3.80. The summed E-state index contributed by atoms with van der Waals surface area (Å²) in [4.78, 5) is 29.1. The van der Waals surface area contributed by atoms with Gasteiger partial charge in [0.2, 0.25) is 0 Å². The van der Waals surface area contributed by atoms with E-state index in [4.69, 9.17) is 4.74 Å². The van der Waals surface area contributed by atoms with Crippen molar-refractivity contribution in [2.45, 2.75) is 89.3 Å². The monoisotopic (exact) mass is 529 g/mol. The molecule has 1 saturated heterocycles. The Kier molecular flexibility index (Phi) is 6.63. The van der Waals surface area contributed by atoms with Crippen LogP contribution in [0.1, 0.15) is 71.6 Å². The first-order chi connectivity index (χ1) is 18.1. The van der Waals surface area contributed by atoms with Crippen LogP contribution in [-0.4, -0.2) is 89.6 Å². The second kappa shape index (κ2) is 9.48. The summed E-state index contributed by atoms with van der Waals surface area (Å²) >= 11 is 0. The lowest BCUT2D eigenvalue weighted by molar-refractivity contribution is -0.206. The van der Waals surface area contributed by atoms with Crippen molar-refractivity contribution in [2.24, 2.45) is 34.5 Å². The molecule has 0 aromatic heterocycles. The highest BCUT2D eigenvalue weighted by molar-refractivity contribution is 5.85. The van der Waals surface area contributed by atoms with E-state index in [2.05, 4.69) is 19.2 Å². The minimum Gasteiger partial charge on any atom is -0.458 e. The van der Waals surface area contributed by atoms with Crippen LogP contribution in [0.15, 0.2) is 11.6 Å². The van der Waals surface area contributed by atoms with Crippen molar-refractivity contribution in [1.82, 2.24) is 15.1 Å². The number of aliphatic hydroxyl groups excluding tert-OH is 1. The number of aliphatic hydroxyl groups is 2. The van der Waals surface area contributed by atoms with Crippen LogP contribution in [0.4, 0.5) is 4.79 Å². The number of carbonyl (C=O) groups is 2. The number of amides is 2. The zero-order valence-corrected chi connectivity index (χ0v) is 23.5. The number of nitrogens with zero attached hydrogens (tertiary/aromatic N) is 2. The maximum absolute atomic E-state index is 13.4. The zero-order valence-electron chi connectivity index (χ0n) is 23.5. The van der Waals surface area contributed by atoms with Crippen molar-refractivity contribution in [3.05, 3.63) is 11.6 Å². The SMILES string of the molecule is CN(C(=O)N1CCNC[C@H]1CO)[C@H]1CC[C@@]2(C)[C@H](CC[C@@H]3[C@@H]2CC[C@]2(C)[C@@H](C4=CC(=O)OC4)CC[C@]32O)C1. The first kappa shape index (κ1) is 26.6. The Bertz CT molecular complexity index is 1000. The predicted molar refractivity (Wildman–Crippen MR) is 143 cm³/mol. The lowest BCUT2D eigenvalue weighted by atomic mass is 9.43. The van der Waals surface area contributed by atoms with Gasteiger partial charge >= 0.3 is 12.0 Å². The Hall–Kier alpha value is -1.64. The molecule has 0 radical (unpaired) electrons. The molecule has 4 saturated carbocycles. The molecule has 2 amide bonds. The van der Waals surface area contributed by atoms with Crippen LogP contribution in [0.2, 0.25) is 0 Å². The van der Waals surface area contributed by atoms with Gasteiger partial charge < -0.3 is 30.1 Å². The zero-order chi connectivity index (χ0) is 26.9. The minimum atomic E-state index is -0.688. The lowest BCUT2D eigenvalue weighted by Gasteiger charge is -2.64. The van der Waals surface area contributed by atoms with Gasteiger partial charge in [-0.25, -0.2) is 9.59 Å². The van der Waals surface area contributed by atoms with Crippen LogP contribution in [-0.2, 0) is 9.53 Å². The van der Waals surface area contributed by atoms with Gasteiger partial charge in [0.25, 0.3) is 0 Å². The Balaban J connectivity index is 1.17. The summed E-state index contributed by atoms with van der Waals surface area (Å²) in [5, 5.41) is 25.5. The topological polar surface area (TPSA) is 102 Å². The molecule has 2 heterocycles. The molecule has 0 unspecified atom stereocenters. The summed E-state index contributed by atoms with van der Waals surface area (Å²) in [6, 6.07) is 0.127. The largest absolute Gasteiger partial charge is 0.458 e. The maximum Gasteiger partial charge on any atom is 0.331 e. The highest BCUT2D eigenvalue weighted by Gasteiger charge is 2.67. The molecule has 3 N–H and O–H groups in total. The lowest BCUT2D eigenvalue weighted by Crippen LogP contribution is -2.63. The van der Waals surface area contributed by atoms with Crippen molar-refractivity contribution in [3.8, 4) is 0 Å². The van der Waals surface area contributed by atoms with E-state index in [0.717, 1.165) is 69.9 Å². The molecule has 4 aliphatic carbocycles. The van der Waals surface area contributed by atoms with E-state index in [1.54, 1.807) is 6.08 Å². The molecule has 8 nitrogen and oxygen atoms in total. The fourth-order valence-electron chi connectivity index (χ4n) is 10.3. The average molecular weight is 530 g/mol. The summed E-state index contributed by atoms with van der Waals surface area (Å²) in [5.74, 6) is 1.36. The van der Waals surface area contributed by atoms with Gasteiger partial charge in [-0.3, -0.25) is 0 Å². The Morgan fingerprint density at radius 2 is 1.97 bits per heavy atom. The second-order valence-electron chi connectivity index (χ2n) is 13.8. The quantitative estimate of drug-likeness (QED) is 0.486. The van der Waals surface area contributed by atoms with E-state index >= 15 is 0 Å². The van der Waals surface area contributed by atoms with E-state index in [1.807, 2.05) is 16.8 Å². The number of nitrogens with one attached hydrogen (secondary N) is 1. The first-order valence-electron chi connectivity index (χ1n) is 15.1. The molecule has 9 atom stereocenters. The smallest absolute Gasteiger partial charge is 0.331 e. The number of carbonyl (C=O) groups excluding carboxylic acids is 2. The van der Waals surface area contributed by atoms with Crippen molar-refractivity contribution >= 4 is 12.0 Å². The third-order valence-corrected chi connectivity index (χ3v) is 12.6. The minimum absolute atomic E-state index is 0.00961. The summed E-state index contributed by atoms with van der Waals surface area (Å²) in [7, 11) is 1.96. The van der Waals surface area contributed by atoms with Gasteiger partial charge in [0.05, 0.1) is 18.2 Å². The number of fused-ring (bicyclic) bond motifs is 5. The van der Waals surface area contributed by atoms with E-state index in [-0.39, 0.29) is 47.4 Å². The van der Waals surface area contributed by atoms with Crippen molar-refractivity contribution < 1.29 is 24.5 Å². The summed E-state index contributed by atoms with van der Waals surface area (Å²) < 4.78 is 5.27. The summed E-state index contributed by atoms with van der Waals surface area (Å²) in [6.07, 6.45) is 10.9. The van der Waals surface area contributed by atoms with Gasteiger partial charge in [-0.15, -0.1) is 0 Å². The molecular formula is C30H47N3O5. The number of hydrogen-bond acceptors (Lipinski definition) is 6. The Labute approximate surface area is 227 Å². The molecule has 6 rings (SSSR count). The molecule has 6 aliphatic rings. The molecule has 8 heteroatoms. The molecule has 5 fully saturated rings. The standard InChI is InChI=1S/C30H47N3O5/c1-28-9-6-21(32(3)27(36)33-13-12-31-16-22(33)17-34)15-20(28)4-5-25-24(28)7-10-29(2)23(8-11-30(25,29)37)19-14-26(35)38-18-19/h14,20-25,31,34,37H,4-13,15-18H2,1-3H3/t20-,21+,22+,23-,24+,25-,28+,29-,30+/m1/s1. The Morgan fingerprint density at radius 3 is 2.71 bits per heavy atom. The van der Waals surface area contributed by atoms with Gasteiger partial charge in [-0.1, -0.05) is 13.8 Å². The van der Waals surface area contributed by atoms with Crippen molar-refractivity contribution in [3.63, 3.8) is 0 Å². The highest BCUT2D eigenvalue weighted by Crippen LogP contribution is 2.70.